The summed E-state index contributed by atoms with van der Waals surface area (Å²) in [6.07, 6.45) is 5.47. The predicted octanol–water partition coefficient (Wildman–Crippen LogP) is 0.313. The molecule has 2 N–H and O–H groups in total. The van der Waals surface area contributed by atoms with Gasteiger partial charge < -0.3 is 0 Å². The van der Waals surface area contributed by atoms with Gasteiger partial charge in [-0.3, -0.25) is 19.8 Å². The molecule has 1 fully saturated rings. The van der Waals surface area contributed by atoms with Crippen LogP contribution in [0.25, 0.3) is 11.0 Å². The van der Waals surface area contributed by atoms with E-state index >= 15 is 0 Å². The molecular weight excluding hydrogens is 222 g/mol. The van der Waals surface area contributed by atoms with E-state index in [0.717, 1.165) is 25.7 Å². The number of aromatic nitrogens is 5. The summed E-state index contributed by atoms with van der Waals surface area (Å²) < 4.78 is 1.61. The molecule has 90 valence electrons. The third-order valence-electron chi connectivity index (χ3n) is 3.33. The van der Waals surface area contributed by atoms with Gasteiger partial charge in [0.1, 0.15) is 0 Å². The van der Waals surface area contributed by atoms with Crippen molar-refractivity contribution in [2.75, 3.05) is 0 Å². The van der Waals surface area contributed by atoms with Crippen molar-refractivity contribution in [1.82, 2.24) is 25.2 Å². The molecule has 0 atom stereocenters. The van der Waals surface area contributed by atoms with Crippen molar-refractivity contribution >= 4 is 11.0 Å². The van der Waals surface area contributed by atoms with E-state index in [9.17, 15) is 9.59 Å². The van der Waals surface area contributed by atoms with Gasteiger partial charge in [0.05, 0.1) is 6.04 Å². The molecule has 1 aliphatic rings. The first kappa shape index (κ1) is 10.2. The van der Waals surface area contributed by atoms with E-state index in [0.29, 0.717) is 5.52 Å². The van der Waals surface area contributed by atoms with Crippen LogP contribution < -0.4 is 11.1 Å². The zero-order chi connectivity index (χ0) is 11.8. The van der Waals surface area contributed by atoms with Crippen LogP contribution in [0.1, 0.15) is 38.1 Å². The minimum absolute atomic E-state index is 0.124. The molecule has 0 saturated heterocycles. The molecule has 0 radical (unpaired) electrons. The van der Waals surface area contributed by atoms with Crippen LogP contribution in [0, 0.1) is 0 Å². The highest BCUT2D eigenvalue weighted by atomic mass is 16.1. The quantitative estimate of drug-likeness (QED) is 0.743. The fraction of sp³-hybridized carbons (Fsp3) is 0.600. The van der Waals surface area contributed by atoms with Gasteiger partial charge in [-0.15, -0.1) is 5.10 Å². The maximum absolute atomic E-state index is 11.7. The third-order valence-corrected chi connectivity index (χ3v) is 3.33. The second-order valence-electron chi connectivity index (χ2n) is 4.43. The summed E-state index contributed by atoms with van der Waals surface area (Å²) in [5.41, 5.74) is -0.322. The Balaban J connectivity index is 2.20. The van der Waals surface area contributed by atoms with E-state index < -0.39 is 5.56 Å². The molecular formula is C10H13N5O2. The molecule has 0 aliphatic heterocycles. The van der Waals surface area contributed by atoms with Gasteiger partial charge in [0.2, 0.25) is 0 Å². The molecule has 17 heavy (non-hydrogen) atoms. The first-order valence-electron chi connectivity index (χ1n) is 5.83. The van der Waals surface area contributed by atoms with Crippen molar-refractivity contribution in [3.63, 3.8) is 0 Å². The minimum atomic E-state index is -0.401. The fourth-order valence-electron chi connectivity index (χ4n) is 2.47. The predicted molar refractivity (Wildman–Crippen MR) is 60.9 cm³/mol. The van der Waals surface area contributed by atoms with Crippen molar-refractivity contribution in [3.8, 4) is 0 Å². The number of hydrogen-bond acceptors (Lipinski definition) is 4. The van der Waals surface area contributed by atoms with Crippen LogP contribution in [0.4, 0.5) is 0 Å². The smallest absolute Gasteiger partial charge is 0.266 e. The number of H-pyrrole nitrogens is 2. The average Bonchev–Trinajstić information content (AvgIpc) is 2.81. The zero-order valence-corrected chi connectivity index (χ0v) is 9.27. The van der Waals surface area contributed by atoms with Gasteiger partial charge in [0.15, 0.2) is 11.0 Å². The second kappa shape index (κ2) is 3.83. The number of hydrogen-bond donors (Lipinski definition) is 2. The highest BCUT2D eigenvalue weighted by Gasteiger charge is 2.21. The van der Waals surface area contributed by atoms with Crippen molar-refractivity contribution in [2.45, 2.75) is 38.1 Å². The number of nitrogens with one attached hydrogen (secondary N) is 2. The molecule has 0 bridgehead atoms. The molecule has 7 heteroatoms. The summed E-state index contributed by atoms with van der Waals surface area (Å²) >= 11 is 0. The Labute approximate surface area is 95.8 Å². The third kappa shape index (κ3) is 1.58. The molecule has 7 nitrogen and oxygen atoms in total. The number of aromatic amines is 2. The zero-order valence-electron chi connectivity index (χ0n) is 9.27. The van der Waals surface area contributed by atoms with E-state index in [2.05, 4.69) is 20.5 Å². The van der Waals surface area contributed by atoms with Crippen LogP contribution in [0.3, 0.4) is 0 Å². The molecule has 2 heterocycles. The highest BCUT2D eigenvalue weighted by molar-refractivity contribution is 5.71. The van der Waals surface area contributed by atoms with Gasteiger partial charge in [-0.05, 0) is 12.8 Å². The van der Waals surface area contributed by atoms with Crippen LogP contribution in [0.5, 0.6) is 0 Å². The first-order valence-corrected chi connectivity index (χ1v) is 5.83. The van der Waals surface area contributed by atoms with E-state index in [1.165, 1.54) is 6.42 Å². The Kier molecular flexibility index (Phi) is 2.31. The summed E-state index contributed by atoms with van der Waals surface area (Å²) in [4.78, 5) is 23.2. The minimum Gasteiger partial charge on any atom is -0.266 e. The molecule has 0 unspecified atom stereocenters. The Hall–Kier alpha value is -1.92. The highest BCUT2D eigenvalue weighted by Crippen LogP contribution is 2.28. The topological polar surface area (TPSA) is 96.4 Å². The van der Waals surface area contributed by atoms with Crippen LogP contribution in [-0.4, -0.2) is 25.2 Å². The van der Waals surface area contributed by atoms with E-state index in [-0.39, 0.29) is 17.1 Å². The lowest BCUT2D eigenvalue weighted by Gasteiger charge is -2.21. The molecule has 1 aliphatic carbocycles. The number of rotatable bonds is 1. The van der Waals surface area contributed by atoms with Crippen LogP contribution in [0.15, 0.2) is 9.59 Å². The molecule has 0 spiro atoms. The van der Waals surface area contributed by atoms with Gasteiger partial charge in [0.25, 0.3) is 11.1 Å². The van der Waals surface area contributed by atoms with E-state index in [1.54, 1.807) is 4.68 Å². The largest absolute Gasteiger partial charge is 0.292 e. The van der Waals surface area contributed by atoms with Crippen molar-refractivity contribution < 1.29 is 0 Å². The van der Waals surface area contributed by atoms with E-state index in [1.807, 2.05) is 0 Å². The van der Waals surface area contributed by atoms with Gasteiger partial charge in [-0.2, -0.15) is 0 Å². The van der Waals surface area contributed by atoms with Gasteiger partial charge >= 0.3 is 0 Å². The lowest BCUT2D eigenvalue weighted by Crippen LogP contribution is -2.23. The van der Waals surface area contributed by atoms with Crippen molar-refractivity contribution in [2.24, 2.45) is 0 Å². The van der Waals surface area contributed by atoms with E-state index in [4.69, 9.17) is 0 Å². The lowest BCUT2D eigenvalue weighted by molar-refractivity contribution is 0.331. The second-order valence-corrected chi connectivity index (χ2v) is 4.43. The Morgan fingerprint density at radius 1 is 1.06 bits per heavy atom. The molecule has 0 aromatic carbocycles. The van der Waals surface area contributed by atoms with Gasteiger partial charge in [-0.1, -0.05) is 24.5 Å². The molecule has 3 rings (SSSR count). The van der Waals surface area contributed by atoms with Crippen molar-refractivity contribution in [1.29, 1.82) is 0 Å². The standard InChI is InChI=1S/C10H13N5O2/c16-9-7-8(10(17)13-12-9)15(14-11-7)6-4-2-1-3-5-6/h6H,1-5H2,(H,12,16)(H,13,17). The summed E-state index contributed by atoms with van der Waals surface area (Å²) in [6, 6.07) is 0.191. The number of nitrogens with zero attached hydrogens (tertiary/aromatic N) is 3. The molecule has 2 aromatic rings. The maximum Gasteiger partial charge on any atom is 0.292 e. The van der Waals surface area contributed by atoms with Crippen LogP contribution >= 0.6 is 0 Å². The van der Waals surface area contributed by atoms with Crippen LogP contribution in [-0.2, 0) is 0 Å². The number of fused-ring (bicyclic) bond motifs is 1. The maximum atomic E-state index is 11.7. The normalized spacial score (nSPS) is 17.6. The Morgan fingerprint density at radius 3 is 2.53 bits per heavy atom. The Bertz CT molecular complexity index is 646. The Morgan fingerprint density at radius 2 is 1.76 bits per heavy atom. The summed E-state index contributed by atoms with van der Waals surface area (Å²) in [5, 5.41) is 12.3. The molecule has 0 amide bonds. The van der Waals surface area contributed by atoms with Crippen molar-refractivity contribution in [3.05, 3.63) is 20.7 Å². The first-order chi connectivity index (χ1) is 8.27. The SMILES string of the molecule is O=c1[nH][nH]c(=O)c2c1nnn2C1CCCCC1. The van der Waals surface area contributed by atoms with Gasteiger partial charge in [-0.25, -0.2) is 4.68 Å². The monoisotopic (exact) mass is 235 g/mol. The summed E-state index contributed by atoms with van der Waals surface area (Å²) in [6.45, 7) is 0. The molecule has 1 saturated carbocycles. The van der Waals surface area contributed by atoms with Gasteiger partial charge in [0, 0.05) is 0 Å². The van der Waals surface area contributed by atoms with Crippen LogP contribution in [0.2, 0.25) is 0 Å². The summed E-state index contributed by atoms with van der Waals surface area (Å²) in [5.74, 6) is 0. The lowest BCUT2D eigenvalue weighted by atomic mass is 9.95. The average molecular weight is 235 g/mol. The fourth-order valence-corrected chi connectivity index (χ4v) is 2.47. The summed E-state index contributed by atoms with van der Waals surface area (Å²) in [7, 11) is 0. The molecule has 2 aromatic heterocycles.